The number of hydrogen-bond acceptors (Lipinski definition) is 6. The van der Waals surface area contributed by atoms with E-state index in [2.05, 4.69) is 15.4 Å². The van der Waals surface area contributed by atoms with Crippen molar-refractivity contribution in [1.82, 2.24) is 14.7 Å². The Morgan fingerprint density at radius 2 is 1.38 bits per heavy atom. The lowest BCUT2D eigenvalue weighted by molar-refractivity contribution is 0.284. The molecule has 0 amide bonds. The fourth-order valence-electron chi connectivity index (χ4n) is 5.43. The van der Waals surface area contributed by atoms with Gasteiger partial charge in [-0.25, -0.2) is 18.1 Å². The van der Waals surface area contributed by atoms with Crippen LogP contribution in [0.15, 0.2) is 102 Å². The second-order valence-corrected chi connectivity index (χ2v) is 12.3. The lowest BCUT2D eigenvalue weighted by Gasteiger charge is -2.28. The molecular weight excluding hydrogens is 518 g/mol. The van der Waals surface area contributed by atoms with Gasteiger partial charge in [0, 0.05) is 24.2 Å². The summed E-state index contributed by atoms with van der Waals surface area (Å²) in [6, 6.07) is 31.1. The largest absolute Gasteiger partial charge is 0.354 e. The quantitative estimate of drug-likeness (QED) is 0.188. The van der Waals surface area contributed by atoms with Crippen molar-refractivity contribution in [2.45, 2.75) is 30.6 Å². The Balaban J connectivity index is 1.03. The number of fused-ring (bicyclic) bond motifs is 2. The Labute approximate surface area is 235 Å². The van der Waals surface area contributed by atoms with E-state index in [1.54, 1.807) is 12.1 Å². The Hall–Kier alpha value is -4.01. The van der Waals surface area contributed by atoms with Crippen LogP contribution in [0.1, 0.15) is 25.7 Å². The molecule has 204 valence electrons. The molecule has 8 heteroatoms. The molecule has 6 rings (SSSR count). The van der Waals surface area contributed by atoms with E-state index in [0.717, 1.165) is 65.4 Å². The zero-order chi connectivity index (χ0) is 27.4. The first-order valence-electron chi connectivity index (χ1n) is 13.8. The highest BCUT2D eigenvalue weighted by atomic mass is 32.2. The Morgan fingerprint density at radius 1 is 0.700 bits per heavy atom. The van der Waals surface area contributed by atoms with Gasteiger partial charge >= 0.3 is 0 Å². The van der Waals surface area contributed by atoms with Gasteiger partial charge in [-0.2, -0.15) is 4.98 Å². The molecule has 1 aliphatic carbocycles. The molecule has 0 radical (unpaired) electrons. The van der Waals surface area contributed by atoms with E-state index in [1.165, 1.54) is 0 Å². The molecular formula is C32H33N5O2S. The van der Waals surface area contributed by atoms with E-state index in [1.807, 2.05) is 84.9 Å². The summed E-state index contributed by atoms with van der Waals surface area (Å²) in [6.45, 7) is 1.26. The molecule has 4 aromatic carbocycles. The topological polar surface area (TPSA) is 96.0 Å². The monoisotopic (exact) mass is 551 g/mol. The standard InChI is InChI=1S/C32H33N5O2S/c38-40(39,28-19-18-25-8-4-5-9-26(25)20-28)34-22-24-16-14-23(15-17-24)21-33-32-36-30-13-7-6-12-29(30)31(37-32)35-27-10-2-1-3-11-27/h1-13,18-20,23-24,34H,14-17,21-22H2,(H2,33,35,36,37)/t23-,24-. The Bertz CT molecular complexity index is 1720. The summed E-state index contributed by atoms with van der Waals surface area (Å²) in [5, 5.41) is 9.83. The number of aromatic nitrogens is 2. The van der Waals surface area contributed by atoms with Crippen LogP contribution in [0.25, 0.3) is 21.7 Å². The van der Waals surface area contributed by atoms with Crippen LogP contribution in [-0.2, 0) is 10.0 Å². The molecule has 0 unspecified atom stereocenters. The van der Waals surface area contributed by atoms with Gasteiger partial charge in [-0.3, -0.25) is 0 Å². The lowest BCUT2D eigenvalue weighted by atomic mass is 9.82. The van der Waals surface area contributed by atoms with Gasteiger partial charge in [-0.05, 0) is 84.7 Å². The molecule has 5 aromatic rings. The van der Waals surface area contributed by atoms with Gasteiger partial charge in [0.05, 0.1) is 10.4 Å². The summed E-state index contributed by atoms with van der Waals surface area (Å²) in [4.78, 5) is 9.85. The number of hydrogen-bond donors (Lipinski definition) is 3. The molecule has 7 nitrogen and oxygen atoms in total. The zero-order valence-electron chi connectivity index (χ0n) is 22.3. The predicted octanol–water partition coefficient (Wildman–Crippen LogP) is 6.72. The molecule has 0 spiro atoms. The number of nitrogens with one attached hydrogen (secondary N) is 3. The van der Waals surface area contributed by atoms with E-state index in [9.17, 15) is 8.42 Å². The maximum Gasteiger partial charge on any atom is 0.240 e. The third-order valence-corrected chi connectivity index (χ3v) is 9.17. The smallest absolute Gasteiger partial charge is 0.240 e. The molecule has 1 aliphatic rings. The molecule has 1 saturated carbocycles. The number of rotatable bonds is 9. The molecule has 0 atom stereocenters. The van der Waals surface area contributed by atoms with Crippen molar-refractivity contribution in [1.29, 1.82) is 0 Å². The van der Waals surface area contributed by atoms with Crippen molar-refractivity contribution in [2.24, 2.45) is 11.8 Å². The van der Waals surface area contributed by atoms with Crippen molar-refractivity contribution in [3.63, 3.8) is 0 Å². The van der Waals surface area contributed by atoms with E-state index in [0.29, 0.717) is 29.2 Å². The average Bonchev–Trinajstić information content (AvgIpc) is 3.00. The first-order chi connectivity index (χ1) is 19.5. The van der Waals surface area contributed by atoms with E-state index >= 15 is 0 Å². The molecule has 0 aliphatic heterocycles. The zero-order valence-corrected chi connectivity index (χ0v) is 23.1. The first kappa shape index (κ1) is 26.2. The van der Waals surface area contributed by atoms with Crippen LogP contribution in [0.4, 0.5) is 17.5 Å². The highest BCUT2D eigenvalue weighted by molar-refractivity contribution is 7.89. The normalized spacial score (nSPS) is 17.6. The maximum absolute atomic E-state index is 12.9. The fraction of sp³-hybridized carbons (Fsp3) is 0.250. The van der Waals surface area contributed by atoms with Crippen LogP contribution in [0, 0.1) is 11.8 Å². The third-order valence-electron chi connectivity index (χ3n) is 7.75. The van der Waals surface area contributed by atoms with Gasteiger partial charge in [-0.15, -0.1) is 0 Å². The molecule has 1 fully saturated rings. The molecule has 1 heterocycles. The van der Waals surface area contributed by atoms with E-state index < -0.39 is 10.0 Å². The highest BCUT2D eigenvalue weighted by Gasteiger charge is 2.24. The summed E-state index contributed by atoms with van der Waals surface area (Å²) < 4.78 is 28.7. The molecule has 40 heavy (non-hydrogen) atoms. The van der Waals surface area contributed by atoms with Crippen molar-refractivity contribution in [2.75, 3.05) is 23.7 Å². The summed E-state index contributed by atoms with van der Waals surface area (Å²) >= 11 is 0. The third kappa shape index (κ3) is 6.08. The van der Waals surface area contributed by atoms with Crippen LogP contribution in [0.5, 0.6) is 0 Å². The van der Waals surface area contributed by atoms with Crippen LogP contribution < -0.4 is 15.4 Å². The molecule has 0 bridgehead atoms. The SMILES string of the molecule is O=S(=O)(NC[C@H]1CC[C@H](CNc2nc(Nc3ccccc3)c3ccccc3n2)CC1)c1ccc2ccccc2c1. The average molecular weight is 552 g/mol. The Kier molecular flexibility index (Phi) is 7.62. The minimum Gasteiger partial charge on any atom is -0.354 e. The van der Waals surface area contributed by atoms with Gasteiger partial charge in [0.2, 0.25) is 16.0 Å². The number of para-hydroxylation sites is 2. The molecule has 1 aromatic heterocycles. The van der Waals surface area contributed by atoms with Crippen LogP contribution in [-0.4, -0.2) is 31.5 Å². The fourth-order valence-corrected chi connectivity index (χ4v) is 6.58. The van der Waals surface area contributed by atoms with Crippen molar-refractivity contribution < 1.29 is 8.42 Å². The van der Waals surface area contributed by atoms with Gasteiger partial charge < -0.3 is 10.6 Å². The first-order valence-corrected chi connectivity index (χ1v) is 15.3. The number of benzene rings is 4. The van der Waals surface area contributed by atoms with Crippen molar-refractivity contribution in [3.05, 3.63) is 97.1 Å². The minimum absolute atomic E-state index is 0.320. The van der Waals surface area contributed by atoms with Crippen molar-refractivity contribution in [3.8, 4) is 0 Å². The minimum atomic E-state index is -3.54. The Morgan fingerprint density at radius 3 is 2.17 bits per heavy atom. The van der Waals surface area contributed by atoms with E-state index in [4.69, 9.17) is 9.97 Å². The summed E-state index contributed by atoms with van der Waals surface area (Å²) in [6.07, 6.45) is 4.06. The summed E-state index contributed by atoms with van der Waals surface area (Å²) in [5.74, 6) is 2.23. The van der Waals surface area contributed by atoms with Crippen LogP contribution in [0.3, 0.4) is 0 Å². The van der Waals surface area contributed by atoms with Gasteiger partial charge in [0.1, 0.15) is 5.82 Å². The van der Waals surface area contributed by atoms with Crippen LogP contribution >= 0.6 is 0 Å². The second-order valence-electron chi connectivity index (χ2n) is 10.5. The summed E-state index contributed by atoms with van der Waals surface area (Å²) in [5.41, 5.74) is 1.87. The molecule has 0 saturated heterocycles. The summed E-state index contributed by atoms with van der Waals surface area (Å²) in [7, 11) is -3.54. The lowest BCUT2D eigenvalue weighted by Crippen LogP contribution is -2.32. The van der Waals surface area contributed by atoms with Crippen molar-refractivity contribution >= 4 is 49.2 Å². The van der Waals surface area contributed by atoms with Gasteiger partial charge in [-0.1, -0.05) is 60.7 Å². The van der Waals surface area contributed by atoms with E-state index in [-0.39, 0.29) is 0 Å². The number of nitrogens with zero attached hydrogens (tertiary/aromatic N) is 2. The predicted molar refractivity (Wildman–Crippen MR) is 162 cm³/mol. The van der Waals surface area contributed by atoms with Gasteiger partial charge in [0.15, 0.2) is 0 Å². The second kappa shape index (κ2) is 11.6. The number of anilines is 3. The maximum atomic E-state index is 12.9. The van der Waals surface area contributed by atoms with Gasteiger partial charge in [0.25, 0.3) is 0 Å². The molecule has 3 N–H and O–H groups in total. The van der Waals surface area contributed by atoms with Crippen LogP contribution in [0.2, 0.25) is 0 Å². The number of sulfonamides is 1. The highest BCUT2D eigenvalue weighted by Crippen LogP contribution is 2.30.